The maximum atomic E-state index is 13.1. The number of benzene rings is 2. The first-order valence-electron chi connectivity index (χ1n) is 8.82. The number of rotatable bonds is 4. The van der Waals surface area contributed by atoms with Crippen LogP contribution in [0, 0.1) is 24.0 Å². The molecule has 1 N–H and O–H groups in total. The van der Waals surface area contributed by atoms with E-state index in [0.717, 1.165) is 11.1 Å². The number of aryl methyl sites for hydroxylation is 2. The highest BCUT2D eigenvalue weighted by molar-refractivity contribution is 6.11. The number of hydrogen-bond acceptors (Lipinski definition) is 5. The lowest BCUT2D eigenvalue weighted by atomic mass is 10.1. The molecule has 7 nitrogen and oxygen atoms in total. The van der Waals surface area contributed by atoms with Crippen LogP contribution in [0.1, 0.15) is 33.3 Å². The number of nitro groups is 1. The van der Waals surface area contributed by atoms with E-state index < -0.39 is 11.1 Å². The topological polar surface area (TPSA) is 88.4 Å². The van der Waals surface area contributed by atoms with Gasteiger partial charge in [-0.3, -0.25) is 24.8 Å². The number of fused-ring (bicyclic) bond motifs is 1. The first-order valence-corrected chi connectivity index (χ1v) is 8.82. The van der Waals surface area contributed by atoms with Gasteiger partial charge in [-0.25, -0.2) is 0 Å². The summed E-state index contributed by atoms with van der Waals surface area (Å²) in [6, 6.07) is 15.9. The summed E-state index contributed by atoms with van der Waals surface area (Å²) in [6.45, 7) is 3.77. The predicted octanol–water partition coefficient (Wildman–Crippen LogP) is 4.38. The Balaban J connectivity index is 1.81. The lowest BCUT2D eigenvalue weighted by Gasteiger charge is -2.26. The van der Waals surface area contributed by atoms with Gasteiger partial charge in [0.25, 0.3) is 11.6 Å². The van der Waals surface area contributed by atoms with Gasteiger partial charge in [0.2, 0.25) is 0 Å². The highest BCUT2D eigenvalue weighted by Crippen LogP contribution is 2.38. The molecule has 2 heterocycles. The summed E-state index contributed by atoms with van der Waals surface area (Å²) in [6.07, 6.45) is 0.969. The zero-order valence-corrected chi connectivity index (χ0v) is 15.4. The average Bonchev–Trinajstić information content (AvgIpc) is 2.96. The van der Waals surface area contributed by atoms with E-state index in [2.05, 4.69) is 10.3 Å². The molecule has 2 aromatic carbocycles. The zero-order valence-electron chi connectivity index (χ0n) is 15.4. The molecule has 1 aliphatic heterocycles. The van der Waals surface area contributed by atoms with E-state index >= 15 is 0 Å². The third-order valence-corrected chi connectivity index (χ3v) is 4.76. The van der Waals surface area contributed by atoms with Gasteiger partial charge in [-0.15, -0.1) is 0 Å². The van der Waals surface area contributed by atoms with Gasteiger partial charge in [0.15, 0.2) is 6.17 Å². The van der Waals surface area contributed by atoms with Crippen molar-refractivity contribution in [2.24, 2.45) is 0 Å². The second-order valence-electron chi connectivity index (χ2n) is 6.77. The molecule has 1 amide bonds. The van der Waals surface area contributed by atoms with Crippen molar-refractivity contribution in [2.45, 2.75) is 20.0 Å². The summed E-state index contributed by atoms with van der Waals surface area (Å²) in [5, 5.41) is 14.7. The van der Waals surface area contributed by atoms with Crippen molar-refractivity contribution in [1.82, 2.24) is 4.98 Å². The fourth-order valence-corrected chi connectivity index (χ4v) is 3.35. The van der Waals surface area contributed by atoms with E-state index in [-0.39, 0.29) is 11.6 Å². The molecule has 1 atom stereocenters. The van der Waals surface area contributed by atoms with Crippen LogP contribution in [0.4, 0.5) is 17.1 Å². The largest absolute Gasteiger partial charge is 0.354 e. The van der Waals surface area contributed by atoms with Crippen LogP contribution in [0.5, 0.6) is 0 Å². The molecule has 28 heavy (non-hydrogen) atoms. The first-order chi connectivity index (χ1) is 13.5. The van der Waals surface area contributed by atoms with Crippen molar-refractivity contribution in [3.63, 3.8) is 0 Å². The number of anilines is 2. The molecule has 140 valence electrons. The van der Waals surface area contributed by atoms with Crippen LogP contribution in [0.15, 0.2) is 60.8 Å². The summed E-state index contributed by atoms with van der Waals surface area (Å²) in [5.74, 6) is -0.195. The molecular weight excluding hydrogens is 356 g/mol. The maximum absolute atomic E-state index is 13.1. The van der Waals surface area contributed by atoms with Gasteiger partial charge in [-0.2, -0.15) is 0 Å². The molecule has 0 saturated heterocycles. The smallest absolute Gasteiger partial charge is 0.292 e. The number of nitrogens with zero attached hydrogens (tertiary/aromatic N) is 3. The minimum absolute atomic E-state index is 0.0410. The Morgan fingerprint density at radius 1 is 1.07 bits per heavy atom. The van der Waals surface area contributed by atoms with E-state index in [1.165, 1.54) is 6.07 Å². The Morgan fingerprint density at radius 2 is 1.79 bits per heavy atom. The van der Waals surface area contributed by atoms with Crippen molar-refractivity contribution < 1.29 is 9.72 Å². The monoisotopic (exact) mass is 374 g/mol. The molecule has 1 unspecified atom stereocenters. The van der Waals surface area contributed by atoms with Gasteiger partial charge in [0.05, 0.1) is 16.2 Å². The summed E-state index contributed by atoms with van der Waals surface area (Å²) in [5.41, 5.74) is 3.88. The molecule has 0 aliphatic carbocycles. The van der Waals surface area contributed by atoms with E-state index in [1.807, 2.05) is 31.2 Å². The van der Waals surface area contributed by atoms with Crippen LogP contribution in [-0.2, 0) is 0 Å². The first kappa shape index (κ1) is 17.7. The van der Waals surface area contributed by atoms with Gasteiger partial charge >= 0.3 is 0 Å². The fraction of sp³-hybridized carbons (Fsp3) is 0.143. The number of pyridine rings is 1. The molecule has 1 aliphatic rings. The van der Waals surface area contributed by atoms with Gasteiger partial charge in [-0.05, 0) is 49.7 Å². The third-order valence-electron chi connectivity index (χ3n) is 4.76. The van der Waals surface area contributed by atoms with Crippen molar-refractivity contribution in [2.75, 3.05) is 10.2 Å². The summed E-state index contributed by atoms with van der Waals surface area (Å²) < 4.78 is 0. The maximum Gasteiger partial charge on any atom is 0.292 e. The minimum atomic E-state index is -0.646. The predicted molar refractivity (Wildman–Crippen MR) is 106 cm³/mol. The number of aromatic nitrogens is 1. The molecule has 0 bridgehead atoms. The van der Waals surface area contributed by atoms with Crippen LogP contribution >= 0.6 is 0 Å². The van der Waals surface area contributed by atoms with Crippen molar-refractivity contribution in [3.05, 3.63) is 93.3 Å². The molecule has 0 fully saturated rings. The normalized spacial score (nSPS) is 15.4. The van der Waals surface area contributed by atoms with Crippen molar-refractivity contribution in [1.29, 1.82) is 0 Å². The molecule has 0 saturated carbocycles. The van der Waals surface area contributed by atoms with Crippen LogP contribution in [0.2, 0.25) is 0 Å². The molecule has 3 aromatic rings. The SMILES string of the molecule is Cc1ccc(N2C(=O)c3cccnc3C2Nc2ccc(C)cc2[N+](=O)[O-])cc1. The number of hydrogen-bond donors (Lipinski definition) is 1. The standard InChI is InChI=1S/C21H18N4O3/c1-13-5-8-15(9-6-13)24-20(19-16(21(24)26)4-3-11-22-19)23-17-10-7-14(2)12-18(17)25(27)28/h3-12,20,23H,1-2H3. The van der Waals surface area contributed by atoms with E-state index in [9.17, 15) is 14.9 Å². The second-order valence-corrected chi connectivity index (χ2v) is 6.77. The molecule has 4 rings (SSSR count). The molecule has 0 radical (unpaired) electrons. The highest BCUT2D eigenvalue weighted by atomic mass is 16.6. The van der Waals surface area contributed by atoms with E-state index in [0.29, 0.717) is 22.6 Å². The Hall–Kier alpha value is -3.74. The van der Waals surface area contributed by atoms with Crippen LogP contribution in [0.25, 0.3) is 0 Å². The molecule has 7 heteroatoms. The van der Waals surface area contributed by atoms with Gasteiger partial charge in [0.1, 0.15) is 5.69 Å². The van der Waals surface area contributed by atoms with Crippen molar-refractivity contribution in [3.8, 4) is 0 Å². The Kier molecular flexibility index (Phi) is 4.27. The van der Waals surface area contributed by atoms with Crippen LogP contribution < -0.4 is 10.2 Å². The Bertz CT molecular complexity index is 1080. The summed E-state index contributed by atoms with van der Waals surface area (Å²) >= 11 is 0. The van der Waals surface area contributed by atoms with Crippen molar-refractivity contribution >= 4 is 23.0 Å². The Labute approximate surface area is 161 Å². The molecule has 0 spiro atoms. The fourth-order valence-electron chi connectivity index (χ4n) is 3.35. The number of carbonyl (C=O) groups is 1. The number of amides is 1. The number of nitro benzene ring substituents is 1. The minimum Gasteiger partial charge on any atom is -0.354 e. The third kappa shape index (κ3) is 2.96. The van der Waals surface area contributed by atoms with Crippen LogP contribution in [0.3, 0.4) is 0 Å². The molecular formula is C21H18N4O3. The lowest BCUT2D eigenvalue weighted by molar-refractivity contribution is -0.384. The second kappa shape index (κ2) is 6.77. The number of carbonyl (C=O) groups excluding carboxylic acids is 1. The number of nitrogens with one attached hydrogen (secondary N) is 1. The highest BCUT2D eigenvalue weighted by Gasteiger charge is 2.39. The van der Waals surface area contributed by atoms with Gasteiger partial charge < -0.3 is 5.32 Å². The summed E-state index contributed by atoms with van der Waals surface area (Å²) in [7, 11) is 0. The van der Waals surface area contributed by atoms with Gasteiger partial charge in [0, 0.05) is 18.0 Å². The van der Waals surface area contributed by atoms with E-state index in [4.69, 9.17) is 0 Å². The molecule has 1 aromatic heterocycles. The van der Waals surface area contributed by atoms with Gasteiger partial charge in [-0.1, -0.05) is 23.8 Å². The Morgan fingerprint density at radius 3 is 2.50 bits per heavy atom. The van der Waals surface area contributed by atoms with Crippen LogP contribution in [-0.4, -0.2) is 15.8 Å². The lowest BCUT2D eigenvalue weighted by Crippen LogP contribution is -2.32. The average molecular weight is 374 g/mol. The quantitative estimate of drug-likeness (QED) is 0.541. The zero-order chi connectivity index (χ0) is 19.8. The van der Waals surface area contributed by atoms with E-state index in [1.54, 1.807) is 42.3 Å². The summed E-state index contributed by atoms with van der Waals surface area (Å²) in [4.78, 5) is 30.1.